The van der Waals surface area contributed by atoms with Crippen LogP contribution in [-0.4, -0.2) is 17.5 Å². The molecule has 0 unspecified atom stereocenters. The fraction of sp³-hybridized carbons (Fsp3) is 0.250. The number of hydrogen-bond donors (Lipinski definition) is 0. The minimum absolute atomic E-state index is 0.570. The summed E-state index contributed by atoms with van der Waals surface area (Å²) in [6.07, 6.45) is 8.03. The van der Waals surface area contributed by atoms with Crippen molar-refractivity contribution in [2.24, 2.45) is 0 Å². The molecule has 1 aromatic carbocycles. The number of hydrogen-bond acceptors (Lipinski definition) is 3. The third-order valence-corrected chi connectivity index (χ3v) is 5.06. The van der Waals surface area contributed by atoms with Crippen LogP contribution < -0.4 is 4.31 Å². The molecule has 1 saturated heterocycles. The Balaban J connectivity index is 2.18. The second kappa shape index (κ2) is 7.37. The van der Waals surface area contributed by atoms with E-state index in [1.807, 2.05) is 43.0 Å². The van der Waals surface area contributed by atoms with E-state index in [0.29, 0.717) is 6.04 Å². The Morgan fingerprint density at radius 2 is 2.42 bits per heavy atom. The lowest BCUT2D eigenvalue weighted by Crippen LogP contribution is -2.40. The van der Waals surface area contributed by atoms with Gasteiger partial charge in [-0.25, -0.2) is 0 Å². The highest BCUT2D eigenvalue weighted by molar-refractivity contribution is 8.05. The largest absolute Gasteiger partial charge is 0.300 e. The number of allylic oxidation sites excluding steroid dienone is 4. The van der Waals surface area contributed by atoms with Gasteiger partial charge in [0.2, 0.25) is 0 Å². The molecule has 19 heavy (non-hydrogen) atoms. The van der Waals surface area contributed by atoms with Gasteiger partial charge in [-0.3, -0.25) is 4.31 Å². The maximum atomic E-state index is 3.78. The van der Waals surface area contributed by atoms with E-state index in [1.165, 1.54) is 16.4 Å². The number of rotatable bonds is 6. The van der Waals surface area contributed by atoms with Crippen LogP contribution in [0.25, 0.3) is 0 Å². The summed E-state index contributed by atoms with van der Waals surface area (Å²) in [5.41, 5.74) is 1.09. The van der Waals surface area contributed by atoms with Crippen LogP contribution in [0.15, 0.2) is 54.0 Å². The molecule has 0 radical (unpaired) electrons. The van der Waals surface area contributed by atoms with Crippen LogP contribution in [0.2, 0.25) is 0 Å². The minimum Gasteiger partial charge on any atom is -0.300 e. The van der Waals surface area contributed by atoms with Crippen LogP contribution in [-0.2, 0) is 0 Å². The summed E-state index contributed by atoms with van der Waals surface area (Å²) >= 11 is 3.73. The Morgan fingerprint density at radius 3 is 2.95 bits per heavy atom. The van der Waals surface area contributed by atoms with Gasteiger partial charge in [0, 0.05) is 16.4 Å². The number of nitrogens with zero attached hydrogens (tertiary/aromatic N) is 1. The molecule has 1 aliphatic rings. The predicted octanol–water partition coefficient (Wildman–Crippen LogP) is 4.50. The van der Waals surface area contributed by atoms with E-state index < -0.39 is 0 Å². The predicted molar refractivity (Wildman–Crippen MR) is 88.4 cm³/mol. The summed E-state index contributed by atoms with van der Waals surface area (Å²) < 4.78 is 2.34. The van der Waals surface area contributed by atoms with Crippen LogP contribution >= 0.6 is 23.7 Å². The van der Waals surface area contributed by atoms with Crippen molar-refractivity contribution in [3.8, 4) is 0 Å². The Labute approximate surface area is 124 Å². The zero-order chi connectivity index (χ0) is 13.5. The molecule has 0 aliphatic carbocycles. The molecule has 2 rings (SSSR count). The first kappa shape index (κ1) is 14.2. The Morgan fingerprint density at radius 1 is 1.58 bits per heavy atom. The molecule has 98 valence electrons. The Kier molecular flexibility index (Phi) is 5.50. The first-order chi connectivity index (χ1) is 9.35. The molecule has 0 N–H and O–H groups in total. The summed E-state index contributed by atoms with van der Waals surface area (Å²) in [7, 11) is 0. The second-order valence-electron chi connectivity index (χ2n) is 4.09. The first-order valence-corrected chi connectivity index (χ1v) is 8.16. The van der Waals surface area contributed by atoms with Crippen LogP contribution in [0, 0.1) is 12.1 Å². The van der Waals surface area contributed by atoms with Crippen molar-refractivity contribution >= 4 is 29.4 Å². The summed E-state index contributed by atoms with van der Waals surface area (Å²) in [6.45, 7) is 5.81. The Bertz CT molecular complexity index is 461. The summed E-state index contributed by atoms with van der Waals surface area (Å²) in [4.78, 5) is 1.19. The standard InChI is InChI=1S/C16H17NS2/c1-3-8-16(9-4-2)19-17(15-12-18-13-15)14-10-6-5-7-11-14/h3-6,8-10,15H,1,12-13H2,2H3/b9-4-,16-8+. The van der Waals surface area contributed by atoms with Crippen molar-refractivity contribution in [1.82, 2.24) is 0 Å². The van der Waals surface area contributed by atoms with Gasteiger partial charge >= 0.3 is 0 Å². The van der Waals surface area contributed by atoms with Crippen molar-refractivity contribution in [1.29, 1.82) is 0 Å². The molecule has 3 heteroatoms. The average molecular weight is 287 g/mol. The van der Waals surface area contributed by atoms with E-state index in [2.05, 4.69) is 41.2 Å². The monoisotopic (exact) mass is 287 g/mol. The quantitative estimate of drug-likeness (QED) is 0.560. The van der Waals surface area contributed by atoms with E-state index >= 15 is 0 Å². The van der Waals surface area contributed by atoms with Gasteiger partial charge in [0.05, 0.1) is 11.7 Å². The van der Waals surface area contributed by atoms with Gasteiger partial charge in [-0.1, -0.05) is 36.9 Å². The lowest BCUT2D eigenvalue weighted by molar-refractivity contribution is 0.824. The zero-order valence-corrected chi connectivity index (χ0v) is 12.6. The molecule has 0 spiro atoms. The van der Waals surface area contributed by atoms with Gasteiger partial charge in [0.1, 0.15) is 0 Å². The third kappa shape index (κ3) is 3.86. The van der Waals surface area contributed by atoms with Crippen molar-refractivity contribution in [2.45, 2.75) is 13.0 Å². The highest BCUT2D eigenvalue weighted by Gasteiger charge is 2.27. The normalized spacial score (nSPS) is 15.9. The molecule has 1 nitrogen and oxygen atoms in total. The van der Waals surface area contributed by atoms with Crippen molar-refractivity contribution in [3.63, 3.8) is 0 Å². The van der Waals surface area contributed by atoms with Gasteiger partial charge in [-0.2, -0.15) is 11.8 Å². The van der Waals surface area contributed by atoms with E-state index in [0.717, 1.165) is 5.69 Å². The smallest absolute Gasteiger partial charge is 0.0988 e. The maximum Gasteiger partial charge on any atom is 0.0988 e. The fourth-order valence-electron chi connectivity index (χ4n) is 1.66. The molecule has 0 amide bonds. The lowest BCUT2D eigenvalue weighted by atomic mass is 10.3. The highest BCUT2D eigenvalue weighted by Crippen LogP contribution is 2.36. The molecule has 1 aliphatic heterocycles. The van der Waals surface area contributed by atoms with E-state index in [9.17, 15) is 0 Å². The number of anilines is 1. The molecule has 0 aromatic heterocycles. The van der Waals surface area contributed by atoms with E-state index in [-0.39, 0.29) is 0 Å². The first-order valence-electron chi connectivity index (χ1n) is 6.24. The molecule has 1 heterocycles. The molecular formula is C16H17NS2. The SMILES string of the molecule is C=C/C=C(\C=C/C)SN(c1c#cccc1)C1CSC1. The van der Waals surface area contributed by atoms with Crippen molar-refractivity contribution in [3.05, 3.63) is 66.1 Å². The van der Waals surface area contributed by atoms with E-state index in [1.54, 1.807) is 11.9 Å². The van der Waals surface area contributed by atoms with Crippen LogP contribution in [0.3, 0.4) is 0 Å². The van der Waals surface area contributed by atoms with Gasteiger partial charge in [-0.15, -0.1) is 0 Å². The molecule has 0 atom stereocenters. The molecule has 1 fully saturated rings. The summed E-state index contributed by atoms with van der Waals surface area (Å²) in [5, 5.41) is 0. The van der Waals surface area contributed by atoms with Crippen molar-refractivity contribution in [2.75, 3.05) is 15.8 Å². The van der Waals surface area contributed by atoms with Crippen LogP contribution in [0.4, 0.5) is 5.69 Å². The molecular weight excluding hydrogens is 270 g/mol. The highest BCUT2D eigenvalue weighted by atomic mass is 32.2. The van der Waals surface area contributed by atoms with Gasteiger partial charge in [-0.05, 0) is 43.1 Å². The summed E-state index contributed by atoms with van der Waals surface area (Å²) in [6, 6.07) is 12.8. The van der Waals surface area contributed by atoms with Gasteiger partial charge < -0.3 is 0 Å². The lowest BCUT2D eigenvalue weighted by Gasteiger charge is -2.36. The van der Waals surface area contributed by atoms with Gasteiger partial charge in [0.15, 0.2) is 0 Å². The molecule has 0 saturated carbocycles. The second-order valence-corrected chi connectivity index (χ2v) is 6.22. The Hall–Kier alpha value is -1.24. The van der Waals surface area contributed by atoms with Crippen LogP contribution in [0.1, 0.15) is 6.92 Å². The third-order valence-electron chi connectivity index (χ3n) is 2.64. The van der Waals surface area contributed by atoms with Crippen molar-refractivity contribution < 1.29 is 0 Å². The van der Waals surface area contributed by atoms with Gasteiger partial charge in [0.25, 0.3) is 0 Å². The number of thioether (sulfide) groups is 1. The molecule has 1 aromatic rings. The topological polar surface area (TPSA) is 3.24 Å². The minimum atomic E-state index is 0.570. The van der Waals surface area contributed by atoms with Crippen LogP contribution in [0.5, 0.6) is 0 Å². The maximum absolute atomic E-state index is 3.78. The van der Waals surface area contributed by atoms with E-state index in [4.69, 9.17) is 0 Å². The zero-order valence-electron chi connectivity index (χ0n) is 11.0. The summed E-state index contributed by atoms with van der Waals surface area (Å²) in [5.74, 6) is 2.35. The average Bonchev–Trinajstić information content (AvgIpc) is 2.37. The molecule has 0 bridgehead atoms. The fourth-order valence-corrected chi connectivity index (χ4v) is 3.68.